The highest BCUT2D eigenvalue weighted by molar-refractivity contribution is 9.10. The van der Waals surface area contributed by atoms with Crippen molar-refractivity contribution in [3.63, 3.8) is 0 Å². The highest BCUT2D eigenvalue weighted by atomic mass is 79.9. The van der Waals surface area contributed by atoms with E-state index in [2.05, 4.69) is 31.8 Å². The van der Waals surface area contributed by atoms with Crippen LogP contribution in [-0.2, 0) is 16.0 Å². The fourth-order valence-corrected chi connectivity index (χ4v) is 4.54. The molecule has 8 nitrogen and oxygen atoms in total. The lowest BCUT2D eigenvalue weighted by Crippen LogP contribution is -2.50. The Bertz CT molecular complexity index is 1320. The van der Waals surface area contributed by atoms with Crippen LogP contribution >= 0.6 is 39.1 Å². The van der Waals surface area contributed by atoms with Crippen LogP contribution < -0.4 is 25.0 Å². The summed E-state index contributed by atoms with van der Waals surface area (Å²) in [7, 11) is 1.54. The Morgan fingerprint density at radius 1 is 1.05 bits per heavy atom. The van der Waals surface area contributed by atoms with Crippen LogP contribution in [0.1, 0.15) is 25.0 Å². The Kier molecular flexibility index (Phi) is 11.5. The van der Waals surface area contributed by atoms with Gasteiger partial charge in [-0.1, -0.05) is 53.5 Å². The molecule has 11 heteroatoms. The molecule has 2 amide bonds. The number of carbonyl (C=O) groups excluding carboxylic acids is 2. The molecule has 0 spiro atoms. The second-order valence-electron chi connectivity index (χ2n) is 8.29. The van der Waals surface area contributed by atoms with E-state index in [9.17, 15) is 9.59 Å². The number of nitrogens with one attached hydrogen (secondary N) is 2. The van der Waals surface area contributed by atoms with Gasteiger partial charge in [0.15, 0.2) is 17.6 Å². The van der Waals surface area contributed by atoms with Gasteiger partial charge >= 0.3 is 0 Å². The van der Waals surface area contributed by atoms with Crippen LogP contribution in [0.4, 0.5) is 0 Å². The fraction of sp³-hybridized carbons (Fsp3) is 0.250. The van der Waals surface area contributed by atoms with Gasteiger partial charge in [-0.25, -0.2) is 5.43 Å². The predicted octanol–water partition coefficient (Wildman–Crippen LogP) is 5.81. The first-order valence-electron chi connectivity index (χ1n) is 12.0. The molecule has 0 aliphatic heterocycles. The summed E-state index contributed by atoms with van der Waals surface area (Å²) in [6, 6.07) is 16.6. The largest absolute Gasteiger partial charge is 0.493 e. The number of hydrogen-bond donors (Lipinski definition) is 2. The Labute approximate surface area is 245 Å². The van der Waals surface area contributed by atoms with Crippen molar-refractivity contribution in [3.8, 4) is 17.2 Å². The topological polar surface area (TPSA) is 98.2 Å². The van der Waals surface area contributed by atoms with Gasteiger partial charge in [-0.05, 0) is 71.2 Å². The highest BCUT2D eigenvalue weighted by Crippen LogP contribution is 2.36. The average molecular weight is 637 g/mol. The molecule has 2 N–H and O–H groups in total. The fourth-order valence-electron chi connectivity index (χ4n) is 3.51. The second-order valence-corrected chi connectivity index (χ2v) is 9.99. The summed E-state index contributed by atoms with van der Waals surface area (Å²) in [6.45, 7) is 3.91. The van der Waals surface area contributed by atoms with Gasteiger partial charge < -0.3 is 19.5 Å². The Hall–Kier alpha value is -3.27. The zero-order valence-electron chi connectivity index (χ0n) is 21.5. The predicted molar refractivity (Wildman–Crippen MR) is 156 cm³/mol. The third-order valence-electron chi connectivity index (χ3n) is 5.41. The second kappa shape index (κ2) is 14.8. The van der Waals surface area contributed by atoms with Crippen LogP contribution in [0.3, 0.4) is 0 Å². The van der Waals surface area contributed by atoms with Crippen molar-refractivity contribution >= 4 is 57.2 Å². The number of hydrogen-bond acceptors (Lipinski definition) is 6. The number of rotatable bonds is 12. The molecule has 3 rings (SSSR count). The maximum atomic E-state index is 13.1. The molecule has 0 fully saturated rings. The maximum Gasteiger partial charge on any atom is 0.262 e. The number of ether oxygens (including phenoxy) is 3. The molecular weight excluding hydrogens is 609 g/mol. The van der Waals surface area contributed by atoms with Gasteiger partial charge in [0, 0.05) is 11.4 Å². The van der Waals surface area contributed by atoms with Gasteiger partial charge in [0.2, 0.25) is 0 Å². The lowest BCUT2D eigenvalue weighted by Gasteiger charge is -2.21. The summed E-state index contributed by atoms with van der Waals surface area (Å²) in [5.74, 6) is 0.388. The van der Waals surface area contributed by atoms with Gasteiger partial charge in [0.25, 0.3) is 11.8 Å². The molecule has 0 saturated heterocycles. The zero-order valence-corrected chi connectivity index (χ0v) is 24.6. The first-order chi connectivity index (χ1) is 18.7. The number of carbonyl (C=O) groups is 2. The van der Waals surface area contributed by atoms with E-state index >= 15 is 0 Å². The Morgan fingerprint density at radius 2 is 1.79 bits per heavy atom. The minimum absolute atomic E-state index is 0.241. The molecule has 3 aromatic carbocycles. The Morgan fingerprint density at radius 3 is 2.46 bits per heavy atom. The third-order valence-corrected chi connectivity index (χ3v) is 6.53. The van der Waals surface area contributed by atoms with Gasteiger partial charge in [-0.3, -0.25) is 9.59 Å². The lowest BCUT2D eigenvalue weighted by atomic mass is 10.1. The van der Waals surface area contributed by atoms with E-state index in [0.29, 0.717) is 38.9 Å². The van der Waals surface area contributed by atoms with E-state index in [1.807, 2.05) is 37.3 Å². The van der Waals surface area contributed by atoms with Crippen LogP contribution in [0, 0.1) is 0 Å². The molecule has 0 aromatic heterocycles. The molecule has 3 aromatic rings. The molecule has 0 bridgehead atoms. The van der Waals surface area contributed by atoms with E-state index < -0.39 is 24.0 Å². The summed E-state index contributed by atoms with van der Waals surface area (Å²) in [4.78, 5) is 26.1. The van der Waals surface area contributed by atoms with E-state index in [-0.39, 0.29) is 11.4 Å². The zero-order chi connectivity index (χ0) is 28.4. The first-order valence-corrected chi connectivity index (χ1v) is 13.6. The van der Waals surface area contributed by atoms with E-state index in [1.165, 1.54) is 19.4 Å². The average Bonchev–Trinajstić information content (AvgIpc) is 2.91. The van der Waals surface area contributed by atoms with Crippen LogP contribution in [0.25, 0.3) is 0 Å². The van der Waals surface area contributed by atoms with Crippen molar-refractivity contribution in [1.82, 2.24) is 10.7 Å². The number of amides is 2. The summed E-state index contributed by atoms with van der Waals surface area (Å²) in [5, 5.41) is 7.55. The van der Waals surface area contributed by atoms with Crippen molar-refractivity contribution in [2.45, 2.75) is 32.4 Å². The number of methoxy groups -OCH3 is 1. The number of benzene rings is 3. The number of nitrogens with zero attached hydrogens (tertiary/aromatic N) is 1. The van der Waals surface area contributed by atoms with E-state index in [0.717, 1.165) is 5.56 Å². The smallest absolute Gasteiger partial charge is 0.262 e. The lowest BCUT2D eigenvalue weighted by molar-refractivity contribution is -0.132. The standard InChI is InChI=1S/C28H28BrCl2N3O5/c1-4-38-26-21(29)12-19(14-25(26)37-3)16-32-34-28(36)23(13-18-8-6-5-7-9-18)33-27(35)17(2)39-24-11-10-20(30)15-22(24)31/h5-12,14-17,23H,4,13H2,1-3H3,(H,33,35)(H,34,36)/b32-16-/t17-,23+/m1/s1. The molecular formula is C28H28BrCl2N3O5. The minimum Gasteiger partial charge on any atom is -0.493 e. The van der Waals surface area contributed by atoms with E-state index in [4.69, 9.17) is 37.4 Å². The van der Waals surface area contributed by atoms with E-state index in [1.54, 1.807) is 31.2 Å². The number of hydrazone groups is 1. The maximum absolute atomic E-state index is 13.1. The summed E-state index contributed by atoms with van der Waals surface area (Å²) >= 11 is 15.6. The van der Waals surface area contributed by atoms with Crippen molar-refractivity contribution < 1.29 is 23.8 Å². The molecule has 2 atom stereocenters. The SMILES string of the molecule is CCOc1c(Br)cc(/C=N\NC(=O)[C@H](Cc2ccccc2)NC(=O)[C@@H](C)Oc2ccc(Cl)cc2Cl)cc1OC. The van der Waals surface area contributed by atoms with Crippen LogP contribution in [-0.4, -0.2) is 43.9 Å². The summed E-state index contributed by atoms with van der Waals surface area (Å²) in [6.07, 6.45) is 0.772. The Balaban J connectivity index is 1.72. The highest BCUT2D eigenvalue weighted by Gasteiger charge is 2.25. The quantitative estimate of drug-likeness (QED) is 0.193. The first kappa shape index (κ1) is 30.3. The summed E-state index contributed by atoms with van der Waals surface area (Å²) < 4.78 is 17.4. The molecule has 0 aliphatic rings. The minimum atomic E-state index is -0.938. The molecule has 39 heavy (non-hydrogen) atoms. The molecule has 0 radical (unpaired) electrons. The van der Waals surface area contributed by atoms with Gasteiger partial charge in [0.05, 0.1) is 29.4 Å². The van der Waals surface area contributed by atoms with Gasteiger partial charge in [-0.15, -0.1) is 0 Å². The van der Waals surface area contributed by atoms with Crippen molar-refractivity contribution in [2.75, 3.05) is 13.7 Å². The summed E-state index contributed by atoms with van der Waals surface area (Å²) in [5.41, 5.74) is 4.03. The number of halogens is 3. The molecule has 0 saturated carbocycles. The van der Waals surface area contributed by atoms with Crippen LogP contribution in [0.2, 0.25) is 10.0 Å². The van der Waals surface area contributed by atoms with Crippen molar-refractivity contribution in [3.05, 3.63) is 86.3 Å². The molecule has 0 aliphatic carbocycles. The van der Waals surface area contributed by atoms with Gasteiger partial charge in [0.1, 0.15) is 11.8 Å². The molecule has 206 valence electrons. The normalized spacial score (nSPS) is 12.5. The molecule has 0 unspecified atom stereocenters. The van der Waals surface area contributed by atoms with Crippen molar-refractivity contribution in [2.24, 2.45) is 5.10 Å². The third kappa shape index (κ3) is 8.88. The monoisotopic (exact) mass is 635 g/mol. The molecule has 0 heterocycles. The van der Waals surface area contributed by atoms with Crippen LogP contribution in [0.5, 0.6) is 17.2 Å². The van der Waals surface area contributed by atoms with Crippen molar-refractivity contribution in [1.29, 1.82) is 0 Å². The van der Waals surface area contributed by atoms with Crippen LogP contribution in [0.15, 0.2) is 70.2 Å². The van der Waals surface area contributed by atoms with Gasteiger partial charge in [-0.2, -0.15) is 5.10 Å².